The highest BCUT2D eigenvalue weighted by Crippen LogP contribution is 2.44. The number of carbonyl (C=O) groups is 1. The van der Waals surface area contributed by atoms with Crippen LogP contribution in [0.25, 0.3) is 0 Å². The van der Waals surface area contributed by atoms with Gasteiger partial charge in [0, 0.05) is 24.7 Å². The monoisotopic (exact) mass is 480 g/mol. The van der Waals surface area contributed by atoms with Crippen LogP contribution in [0.1, 0.15) is 65.5 Å². The molecule has 2 saturated heterocycles. The number of carbonyl (C=O) groups excluding carboxylic acids is 1. The minimum absolute atomic E-state index is 0.140. The number of rotatable bonds is 8. The van der Waals surface area contributed by atoms with E-state index < -0.39 is 5.60 Å². The van der Waals surface area contributed by atoms with E-state index in [2.05, 4.69) is 37.7 Å². The summed E-state index contributed by atoms with van der Waals surface area (Å²) >= 11 is 0. The first-order valence-electron chi connectivity index (χ1n) is 13.1. The molecule has 0 aromatic carbocycles. The van der Waals surface area contributed by atoms with Crippen molar-refractivity contribution in [1.82, 2.24) is 20.6 Å². The molecule has 8 nitrogen and oxygen atoms in total. The Morgan fingerprint density at radius 2 is 2.00 bits per heavy atom. The van der Waals surface area contributed by atoms with Crippen molar-refractivity contribution in [2.75, 3.05) is 31.1 Å². The molecule has 1 aliphatic carbocycles. The van der Waals surface area contributed by atoms with Crippen molar-refractivity contribution in [2.45, 2.75) is 71.8 Å². The van der Waals surface area contributed by atoms with Crippen LogP contribution < -0.4 is 15.5 Å². The first-order valence-corrected chi connectivity index (χ1v) is 13.1. The topological polar surface area (TPSA) is 103 Å². The van der Waals surface area contributed by atoms with Gasteiger partial charge in [0.05, 0.1) is 11.3 Å². The molecule has 3 N–H and O–H groups in total. The van der Waals surface area contributed by atoms with E-state index in [0.717, 1.165) is 62.5 Å². The molecule has 35 heavy (non-hydrogen) atoms. The quantitative estimate of drug-likeness (QED) is 0.493. The lowest BCUT2D eigenvalue weighted by Gasteiger charge is -2.24. The summed E-state index contributed by atoms with van der Waals surface area (Å²) in [4.78, 5) is 29.1. The zero-order valence-electron chi connectivity index (χ0n) is 21.6. The summed E-state index contributed by atoms with van der Waals surface area (Å²) in [5, 5.41) is 17.0. The van der Waals surface area contributed by atoms with Crippen molar-refractivity contribution < 1.29 is 9.90 Å². The zero-order chi connectivity index (χ0) is 25.0. The second-order valence-corrected chi connectivity index (χ2v) is 10.6. The van der Waals surface area contributed by atoms with Crippen molar-refractivity contribution in [3.8, 4) is 0 Å². The van der Waals surface area contributed by atoms with Gasteiger partial charge < -0.3 is 20.6 Å². The molecule has 0 bridgehead atoms. The van der Waals surface area contributed by atoms with E-state index >= 15 is 0 Å². The molecule has 3 heterocycles. The van der Waals surface area contributed by atoms with Crippen LogP contribution >= 0.6 is 0 Å². The summed E-state index contributed by atoms with van der Waals surface area (Å²) in [5.41, 5.74) is 3.59. The predicted octanol–water partition coefficient (Wildman–Crippen LogP) is 3.45. The molecular formula is C27H40N6O2. The van der Waals surface area contributed by atoms with Crippen LogP contribution in [-0.2, 0) is 11.2 Å². The Morgan fingerprint density at radius 1 is 1.26 bits per heavy atom. The van der Waals surface area contributed by atoms with Crippen LogP contribution in [0.2, 0.25) is 0 Å². The standard InChI is InChI=1S/C27H40N6O2/c1-5-22-24(32-18(2)26(34)29-15-19-10-12-28-13-11-19)25(31-17-30-22)33-16-20(14-27(3,4)35)21-8-6-7-9-23(21)33/h8-9,17,19-20,28,35H,5-7,10-16H2,1-4H3,(H,29,34)/b32-18+. The van der Waals surface area contributed by atoms with Gasteiger partial charge in [-0.05, 0) is 83.9 Å². The van der Waals surface area contributed by atoms with Crippen LogP contribution in [0.15, 0.2) is 34.7 Å². The lowest BCUT2D eigenvalue weighted by atomic mass is 9.87. The normalized spacial score (nSPS) is 21.5. The number of piperidine rings is 1. The second-order valence-electron chi connectivity index (χ2n) is 10.6. The lowest BCUT2D eigenvalue weighted by Crippen LogP contribution is -2.38. The minimum atomic E-state index is -0.756. The van der Waals surface area contributed by atoms with Gasteiger partial charge in [-0.2, -0.15) is 0 Å². The number of aliphatic hydroxyl groups is 1. The Kier molecular flexibility index (Phi) is 8.02. The van der Waals surface area contributed by atoms with Crippen molar-refractivity contribution >= 4 is 23.1 Å². The van der Waals surface area contributed by atoms with Gasteiger partial charge in [-0.3, -0.25) is 4.79 Å². The highest BCUT2D eigenvalue weighted by molar-refractivity contribution is 6.38. The number of aromatic nitrogens is 2. The summed E-state index contributed by atoms with van der Waals surface area (Å²) < 4.78 is 0. The van der Waals surface area contributed by atoms with E-state index in [1.807, 2.05) is 20.8 Å². The van der Waals surface area contributed by atoms with E-state index in [9.17, 15) is 9.90 Å². The second kappa shape index (κ2) is 11.0. The van der Waals surface area contributed by atoms with E-state index in [0.29, 0.717) is 36.7 Å². The molecule has 1 aromatic rings. The van der Waals surface area contributed by atoms with Gasteiger partial charge >= 0.3 is 0 Å². The van der Waals surface area contributed by atoms with E-state index in [4.69, 9.17) is 4.99 Å². The summed E-state index contributed by atoms with van der Waals surface area (Å²) in [6.07, 6.45) is 11.7. The molecule has 8 heteroatoms. The minimum Gasteiger partial charge on any atom is -0.390 e. The molecule has 0 radical (unpaired) electrons. The van der Waals surface area contributed by atoms with Crippen molar-refractivity contribution in [3.05, 3.63) is 35.4 Å². The summed E-state index contributed by atoms with van der Waals surface area (Å²) in [6, 6.07) is 0. The molecule has 1 amide bonds. The maximum absolute atomic E-state index is 12.9. The van der Waals surface area contributed by atoms with E-state index in [1.54, 1.807) is 13.3 Å². The maximum atomic E-state index is 12.9. The number of nitrogens with zero attached hydrogens (tertiary/aromatic N) is 4. The Morgan fingerprint density at radius 3 is 2.71 bits per heavy atom. The molecule has 0 spiro atoms. The third-order valence-electron chi connectivity index (χ3n) is 7.13. The Bertz CT molecular complexity index is 1020. The molecule has 1 aromatic heterocycles. The van der Waals surface area contributed by atoms with Gasteiger partial charge in [0.2, 0.25) is 0 Å². The van der Waals surface area contributed by atoms with Crippen LogP contribution in [0.4, 0.5) is 11.5 Å². The van der Waals surface area contributed by atoms with Crippen LogP contribution in [0, 0.1) is 11.8 Å². The Balaban J connectivity index is 1.60. The SMILES string of the molecule is CCc1ncnc(N2CC(CC(C)(C)O)C3=CCCC=C32)c1/N=C(\C)C(=O)NCC1CCNCC1. The highest BCUT2D eigenvalue weighted by Gasteiger charge is 2.38. The number of nitrogens with one attached hydrogen (secondary N) is 2. The number of hydrogen-bond acceptors (Lipinski definition) is 7. The summed E-state index contributed by atoms with van der Waals surface area (Å²) in [7, 11) is 0. The average molecular weight is 481 g/mol. The van der Waals surface area contributed by atoms with Gasteiger partial charge in [0.25, 0.3) is 5.91 Å². The van der Waals surface area contributed by atoms with Gasteiger partial charge in [0.15, 0.2) is 5.82 Å². The molecular weight excluding hydrogens is 440 g/mol. The number of aliphatic imine (C=N–C) groups is 1. The molecule has 1 unspecified atom stereocenters. The van der Waals surface area contributed by atoms with Gasteiger partial charge in [0.1, 0.15) is 17.7 Å². The van der Waals surface area contributed by atoms with Gasteiger partial charge in [-0.25, -0.2) is 15.0 Å². The molecule has 190 valence electrons. The Hall–Kier alpha value is -2.58. The predicted molar refractivity (Wildman–Crippen MR) is 140 cm³/mol. The van der Waals surface area contributed by atoms with E-state index in [1.165, 1.54) is 5.57 Å². The smallest absolute Gasteiger partial charge is 0.265 e. The van der Waals surface area contributed by atoms with Crippen molar-refractivity contribution in [1.29, 1.82) is 0 Å². The fourth-order valence-corrected chi connectivity index (χ4v) is 5.36. The largest absolute Gasteiger partial charge is 0.390 e. The number of hydrogen-bond donors (Lipinski definition) is 3. The summed E-state index contributed by atoms with van der Waals surface area (Å²) in [5.74, 6) is 1.32. The number of anilines is 1. The third-order valence-corrected chi connectivity index (χ3v) is 7.13. The number of aryl methyl sites for hydroxylation is 1. The number of fused-ring (bicyclic) bond motifs is 1. The molecule has 1 atom stereocenters. The van der Waals surface area contributed by atoms with Crippen LogP contribution in [0.3, 0.4) is 0 Å². The van der Waals surface area contributed by atoms with Crippen LogP contribution in [0.5, 0.6) is 0 Å². The van der Waals surface area contributed by atoms with Crippen molar-refractivity contribution in [3.63, 3.8) is 0 Å². The third kappa shape index (κ3) is 6.16. The molecule has 3 aliphatic rings. The fourth-order valence-electron chi connectivity index (χ4n) is 5.36. The van der Waals surface area contributed by atoms with Gasteiger partial charge in [-0.15, -0.1) is 0 Å². The first-order chi connectivity index (χ1) is 16.8. The zero-order valence-corrected chi connectivity index (χ0v) is 21.6. The molecule has 0 saturated carbocycles. The highest BCUT2D eigenvalue weighted by atomic mass is 16.3. The van der Waals surface area contributed by atoms with E-state index in [-0.39, 0.29) is 11.8 Å². The van der Waals surface area contributed by atoms with Crippen molar-refractivity contribution in [2.24, 2.45) is 16.8 Å². The number of amides is 1. The fraction of sp³-hybridized carbons (Fsp3) is 0.630. The first kappa shape index (κ1) is 25.5. The Labute approximate surface area is 209 Å². The average Bonchev–Trinajstić information content (AvgIpc) is 3.20. The lowest BCUT2D eigenvalue weighted by molar-refractivity contribution is -0.115. The maximum Gasteiger partial charge on any atom is 0.265 e. The van der Waals surface area contributed by atoms with Crippen LogP contribution in [-0.4, -0.2) is 58.5 Å². The molecule has 2 fully saturated rings. The molecule has 2 aliphatic heterocycles. The van der Waals surface area contributed by atoms with Gasteiger partial charge in [-0.1, -0.05) is 19.1 Å². The number of allylic oxidation sites excluding steroid dienone is 3. The summed E-state index contributed by atoms with van der Waals surface area (Å²) in [6.45, 7) is 11.0. The molecule has 4 rings (SSSR count).